The zero-order valence-corrected chi connectivity index (χ0v) is 13.6. The molecule has 130 valence electrons. The molecule has 0 atom stereocenters. The Kier molecular flexibility index (Phi) is 6.90. The fraction of sp³-hybridized carbons (Fsp3) is 0.667. The minimum absolute atomic E-state index is 0.115. The first kappa shape index (κ1) is 18.3. The van der Waals surface area contributed by atoms with Crippen molar-refractivity contribution < 1.29 is 22.6 Å². The zero-order valence-electron chi connectivity index (χ0n) is 13.6. The minimum Gasteiger partial charge on any atom is -0.352 e. The van der Waals surface area contributed by atoms with Gasteiger partial charge in [0, 0.05) is 5.92 Å². The number of ether oxygens (including phenoxy) is 2. The fourth-order valence-corrected chi connectivity index (χ4v) is 2.83. The fourth-order valence-electron chi connectivity index (χ4n) is 2.83. The van der Waals surface area contributed by atoms with Crippen molar-refractivity contribution in [2.24, 2.45) is 5.92 Å². The molecule has 23 heavy (non-hydrogen) atoms. The van der Waals surface area contributed by atoms with Gasteiger partial charge in [-0.2, -0.15) is 13.2 Å². The number of hydrogen-bond donors (Lipinski definition) is 0. The van der Waals surface area contributed by atoms with Crippen LogP contribution >= 0.6 is 0 Å². The van der Waals surface area contributed by atoms with E-state index in [1.54, 1.807) is 12.1 Å². The van der Waals surface area contributed by atoms with Crippen LogP contribution in [0.2, 0.25) is 0 Å². The Hall–Kier alpha value is -1.07. The average Bonchev–Trinajstić information content (AvgIpc) is 2.53. The van der Waals surface area contributed by atoms with Gasteiger partial charge in [0.2, 0.25) is 0 Å². The summed E-state index contributed by atoms with van der Waals surface area (Å²) < 4.78 is 48.8. The van der Waals surface area contributed by atoms with Gasteiger partial charge < -0.3 is 9.47 Å². The molecule has 0 bridgehead atoms. The summed E-state index contributed by atoms with van der Waals surface area (Å²) in [5.41, 5.74) is 0.346. The van der Waals surface area contributed by atoms with E-state index in [-0.39, 0.29) is 6.29 Å². The van der Waals surface area contributed by atoms with Crippen molar-refractivity contribution in [2.75, 3.05) is 13.2 Å². The van der Waals surface area contributed by atoms with Crippen LogP contribution in [-0.4, -0.2) is 19.5 Å². The van der Waals surface area contributed by atoms with Gasteiger partial charge in [-0.3, -0.25) is 0 Å². The summed E-state index contributed by atoms with van der Waals surface area (Å²) in [7, 11) is 0. The molecule has 0 N–H and O–H groups in total. The molecule has 0 radical (unpaired) electrons. The SMILES string of the molecule is CCCC1COC(CCCCc2ccc(C(F)(F)F)cc2)OC1. The molecular formula is C18H25F3O2. The Bertz CT molecular complexity index is 448. The third-order valence-electron chi connectivity index (χ3n) is 4.17. The molecule has 2 nitrogen and oxygen atoms in total. The van der Waals surface area contributed by atoms with Crippen LogP contribution in [0.15, 0.2) is 24.3 Å². The van der Waals surface area contributed by atoms with Crippen LogP contribution in [0.25, 0.3) is 0 Å². The van der Waals surface area contributed by atoms with Crippen LogP contribution in [0.4, 0.5) is 13.2 Å². The van der Waals surface area contributed by atoms with E-state index >= 15 is 0 Å². The maximum absolute atomic E-state index is 12.5. The minimum atomic E-state index is -4.26. The Balaban J connectivity index is 1.62. The zero-order chi connectivity index (χ0) is 16.7. The van der Waals surface area contributed by atoms with Gasteiger partial charge in [-0.15, -0.1) is 0 Å². The Morgan fingerprint density at radius 1 is 1.00 bits per heavy atom. The Labute approximate surface area is 136 Å². The second-order valence-electron chi connectivity index (χ2n) is 6.19. The smallest absolute Gasteiger partial charge is 0.352 e. The number of aryl methyl sites for hydroxylation is 1. The van der Waals surface area contributed by atoms with Gasteiger partial charge in [0.15, 0.2) is 6.29 Å². The van der Waals surface area contributed by atoms with Gasteiger partial charge >= 0.3 is 6.18 Å². The maximum Gasteiger partial charge on any atom is 0.416 e. The quantitative estimate of drug-likeness (QED) is 0.639. The summed E-state index contributed by atoms with van der Waals surface area (Å²) in [6.45, 7) is 3.71. The number of halogens is 3. The summed E-state index contributed by atoms with van der Waals surface area (Å²) in [5.74, 6) is 0.517. The largest absolute Gasteiger partial charge is 0.416 e. The average molecular weight is 330 g/mol. The highest BCUT2D eigenvalue weighted by Crippen LogP contribution is 2.29. The van der Waals surface area contributed by atoms with Crippen LogP contribution in [0.5, 0.6) is 0 Å². The summed E-state index contributed by atoms with van der Waals surface area (Å²) in [6, 6.07) is 5.42. The standard InChI is InChI=1S/C18H25F3O2/c1-2-5-15-12-22-17(23-13-15)7-4-3-6-14-8-10-16(11-9-14)18(19,20)21/h8-11,15,17H,2-7,12-13H2,1H3. The Morgan fingerprint density at radius 3 is 2.22 bits per heavy atom. The molecule has 0 aliphatic carbocycles. The molecule has 0 spiro atoms. The highest BCUT2D eigenvalue weighted by molar-refractivity contribution is 5.24. The van der Waals surface area contributed by atoms with Crippen LogP contribution in [0.1, 0.15) is 50.2 Å². The van der Waals surface area contributed by atoms with E-state index in [1.165, 1.54) is 0 Å². The van der Waals surface area contributed by atoms with Crippen LogP contribution < -0.4 is 0 Å². The number of rotatable bonds is 7. The molecular weight excluding hydrogens is 305 g/mol. The monoisotopic (exact) mass is 330 g/mol. The van der Waals surface area contributed by atoms with E-state index in [9.17, 15) is 13.2 Å². The predicted octanol–water partition coefficient (Wildman–Crippen LogP) is 5.21. The van der Waals surface area contributed by atoms with Crippen LogP contribution in [0, 0.1) is 5.92 Å². The summed E-state index contributed by atoms with van der Waals surface area (Å²) in [6.07, 6.45) is 1.41. The third kappa shape index (κ3) is 6.15. The topological polar surface area (TPSA) is 18.5 Å². The molecule has 1 aromatic carbocycles. The third-order valence-corrected chi connectivity index (χ3v) is 4.17. The number of benzene rings is 1. The van der Waals surface area contributed by atoms with Crippen molar-refractivity contribution in [3.63, 3.8) is 0 Å². The van der Waals surface area contributed by atoms with E-state index in [0.29, 0.717) is 5.92 Å². The summed E-state index contributed by atoms with van der Waals surface area (Å²) in [5, 5.41) is 0. The van der Waals surface area contributed by atoms with Gasteiger partial charge in [-0.05, 0) is 49.8 Å². The van der Waals surface area contributed by atoms with Gasteiger partial charge in [0.25, 0.3) is 0 Å². The molecule has 1 heterocycles. The lowest BCUT2D eigenvalue weighted by molar-refractivity contribution is -0.204. The lowest BCUT2D eigenvalue weighted by atomic mass is 10.0. The van der Waals surface area contributed by atoms with Gasteiger partial charge in [0.05, 0.1) is 18.8 Å². The van der Waals surface area contributed by atoms with E-state index in [4.69, 9.17) is 9.47 Å². The molecule has 2 rings (SSSR count). The van der Waals surface area contributed by atoms with Crippen molar-refractivity contribution in [3.05, 3.63) is 35.4 Å². The van der Waals surface area contributed by atoms with E-state index in [0.717, 1.165) is 69.4 Å². The highest BCUT2D eigenvalue weighted by Gasteiger charge is 2.29. The number of alkyl halides is 3. The first-order chi connectivity index (χ1) is 11.0. The van der Waals surface area contributed by atoms with E-state index < -0.39 is 11.7 Å². The van der Waals surface area contributed by atoms with Gasteiger partial charge in [-0.1, -0.05) is 25.5 Å². The summed E-state index contributed by atoms with van der Waals surface area (Å²) in [4.78, 5) is 0. The van der Waals surface area contributed by atoms with Gasteiger partial charge in [-0.25, -0.2) is 0 Å². The molecule has 0 aromatic heterocycles. The second-order valence-corrected chi connectivity index (χ2v) is 6.19. The first-order valence-electron chi connectivity index (χ1n) is 8.38. The van der Waals surface area contributed by atoms with E-state index in [2.05, 4.69) is 6.92 Å². The van der Waals surface area contributed by atoms with Crippen molar-refractivity contribution >= 4 is 0 Å². The van der Waals surface area contributed by atoms with Crippen molar-refractivity contribution in [1.82, 2.24) is 0 Å². The first-order valence-corrected chi connectivity index (χ1v) is 8.38. The molecule has 0 amide bonds. The number of hydrogen-bond acceptors (Lipinski definition) is 2. The Morgan fingerprint density at radius 2 is 1.65 bits per heavy atom. The van der Waals surface area contributed by atoms with E-state index in [1.807, 2.05) is 0 Å². The lowest BCUT2D eigenvalue weighted by Crippen LogP contribution is -2.31. The van der Waals surface area contributed by atoms with Crippen LogP contribution in [-0.2, 0) is 22.1 Å². The normalized spacial score (nSPS) is 22.3. The molecule has 1 aromatic rings. The van der Waals surface area contributed by atoms with Gasteiger partial charge in [0.1, 0.15) is 0 Å². The van der Waals surface area contributed by atoms with Crippen LogP contribution in [0.3, 0.4) is 0 Å². The molecule has 0 unspecified atom stereocenters. The van der Waals surface area contributed by atoms with Crippen molar-refractivity contribution in [3.8, 4) is 0 Å². The number of unbranched alkanes of at least 4 members (excludes halogenated alkanes) is 1. The second kappa shape index (κ2) is 8.69. The molecule has 1 aliphatic rings. The predicted molar refractivity (Wildman–Crippen MR) is 83.1 cm³/mol. The molecule has 1 aliphatic heterocycles. The molecule has 1 fully saturated rings. The van der Waals surface area contributed by atoms with Crippen molar-refractivity contribution in [1.29, 1.82) is 0 Å². The molecule has 0 saturated carbocycles. The summed E-state index contributed by atoms with van der Waals surface area (Å²) >= 11 is 0. The van der Waals surface area contributed by atoms with Crippen molar-refractivity contribution in [2.45, 2.75) is 57.9 Å². The highest BCUT2D eigenvalue weighted by atomic mass is 19.4. The molecule has 1 saturated heterocycles. The lowest BCUT2D eigenvalue weighted by Gasteiger charge is -2.29. The maximum atomic E-state index is 12.5. The molecule has 5 heteroatoms.